The number of nitrogens with one attached hydrogen (secondary N) is 1. The Kier molecular flexibility index (Phi) is 4.64. The van der Waals surface area contributed by atoms with Crippen LogP contribution < -0.4 is 10.2 Å². The summed E-state index contributed by atoms with van der Waals surface area (Å²) in [5.41, 5.74) is 8.32. The number of methoxy groups -OCH3 is 1. The van der Waals surface area contributed by atoms with Gasteiger partial charge in [-0.25, -0.2) is 4.98 Å². The number of aryl methyl sites for hydroxylation is 1. The third kappa shape index (κ3) is 3.31. The molecule has 2 heterocycles. The van der Waals surface area contributed by atoms with Gasteiger partial charge < -0.3 is 9.30 Å². The highest BCUT2D eigenvalue weighted by molar-refractivity contribution is 7.22. The predicted octanol–water partition coefficient (Wildman–Crippen LogP) is 5.16. The Labute approximate surface area is 161 Å². The number of ether oxygens (including phenoxy) is 1. The van der Waals surface area contributed by atoms with Crippen LogP contribution in [0.3, 0.4) is 0 Å². The Morgan fingerprint density at radius 1 is 1.11 bits per heavy atom. The van der Waals surface area contributed by atoms with Crippen LogP contribution in [0.25, 0.3) is 15.9 Å². The highest BCUT2D eigenvalue weighted by atomic mass is 32.1. The van der Waals surface area contributed by atoms with Crippen molar-refractivity contribution in [1.82, 2.24) is 9.55 Å². The molecule has 27 heavy (non-hydrogen) atoms. The number of benzene rings is 2. The molecular weight excluding hydrogens is 356 g/mol. The van der Waals surface area contributed by atoms with Gasteiger partial charge in [-0.3, -0.25) is 5.43 Å². The van der Waals surface area contributed by atoms with Crippen molar-refractivity contribution < 1.29 is 4.74 Å². The van der Waals surface area contributed by atoms with Crippen molar-refractivity contribution in [2.45, 2.75) is 13.8 Å². The first-order valence-corrected chi connectivity index (χ1v) is 9.46. The molecule has 5 nitrogen and oxygen atoms in total. The van der Waals surface area contributed by atoms with Crippen LogP contribution in [0.2, 0.25) is 0 Å². The van der Waals surface area contributed by atoms with Gasteiger partial charge in [0.05, 0.1) is 29.2 Å². The average molecular weight is 376 g/mol. The van der Waals surface area contributed by atoms with Gasteiger partial charge in [0.2, 0.25) is 5.13 Å². The molecule has 1 N–H and O–H groups in total. The SMILES string of the molecule is COc1ccccc1-n1c(C)cc(C=NNc2nc3ccccc3s2)c1C. The highest BCUT2D eigenvalue weighted by Crippen LogP contribution is 2.28. The van der Waals surface area contributed by atoms with Gasteiger partial charge in [-0.15, -0.1) is 0 Å². The fraction of sp³-hybridized carbons (Fsp3) is 0.143. The number of para-hydroxylation sites is 3. The van der Waals surface area contributed by atoms with Crippen LogP contribution in [0.4, 0.5) is 5.13 Å². The first kappa shape index (κ1) is 17.3. The molecule has 0 aliphatic rings. The van der Waals surface area contributed by atoms with Gasteiger partial charge in [-0.05, 0) is 44.2 Å². The number of hydrogen-bond acceptors (Lipinski definition) is 5. The van der Waals surface area contributed by atoms with E-state index in [4.69, 9.17) is 4.74 Å². The summed E-state index contributed by atoms with van der Waals surface area (Å²) in [7, 11) is 1.69. The van der Waals surface area contributed by atoms with E-state index in [0.29, 0.717) is 0 Å². The molecule has 0 spiro atoms. The summed E-state index contributed by atoms with van der Waals surface area (Å²) in [6, 6.07) is 18.2. The van der Waals surface area contributed by atoms with Crippen LogP contribution in [-0.2, 0) is 0 Å². The van der Waals surface area contributed by atoms with Gasteiger partial charge >= 0.3 is 0 Å². The zero-order valence-corrected chi connectivity index (χ0v) is 16.2. The zero-order valence-electron chi connectivity index (χ0n) is 15.4. The molecule has 2 aromatic carbocycles. The van der Waals surface area contributed by atoms with Crippen LogP contribution in [0.1, 0.15) is 17.0 Å². The maximum absolute atomic E-state index is 5.51. The minimum atomic E-state index is 0.783. The molecule has 0 fully saturated rings. The van der Waals surface area contributed by atoms with E-state index in [-0.39, 0.29) is 0 Å². The molecule has 2 aromatic heterocycles. The van der Waals surface area contributed by atoms with Crippen LogP contribution in [0.15, 0.2) is 59.7 Å². The van der Waals surface area contributed by atoms with E-state index in [9.17, 15) is 0 Å². The number of rotatable bonds is 5. The third-order valence-electron chi connectivity index (χ3n) is 4.45. The first-order chi connectivity index (χ1) is 13.2. The molecular formula is C21H20N4OS. The predicted molar refractivity (Wildman–Crippen MR) is 113 cm³/mol. The van der Waals surface area contributed by atoms with Crippen molar-refractivity contribution in [3.63, 3.8) is 0 Å². The maximum atomic E-state index is 5.51. The standard InChI is InChI=1S/C21H20N4OS/c1-14-12-16(15(2)25(14)18-9-5-6-10-19(18)26-3)13-22-24-21-23-17-8-4-7-11-20(17)27-21/h4-13H,1-3H3,(H,23,24). The van der Waals surface area contributed by atoms with Gasteiger partial charge in [0.25, 0.3) is 0 Å². The Balaban J connectivity index is 1.60. The van der Waals surface area contributed by atoms with Crippen LogP contribution in [0.5, 0.6) is 5.75 Å². The zero-order chi connectivity index (χ0) is 18.8. The lowest BCUT2D eigenvalue weighted by Crippen LogP contribution is -2.02. The Morgan fingerprint density at radius 2 is 1.89 bits per heavy atom. The number of hydrogen-bond donors (Lipinski definition) is 1. The van der Waals surface area contributed by atoms with E-state index < -0.39 is 0 Å². The number of fused-ring (bicyclic) bond motifs is 1. The van der Waals surface area contributed by atoms with E-state index in [0.717, 1.165) is 43.7 Å². The van der Waals surface area contributed by atoms with Crippen molar-refractivity contribution in [3.05, 3.63) is 71.5 Å². The molecule has 0 saturated carbocycles. The highest BCUT2D eigenvalue weighted by Gasteiger charge is 2.12. The van der Waals surface area contributed by atoms with Gasteiger partial charge in [-0.1, -0.05) is 35.6 Å². The monoisotopic (exact) mass is 376 g/mol. The van der Waals surface area contributed by atoms with E-state index in [1.807, 2.05) is 42.6 Å². The van der Waals surface area contributed by atoms with Crippen LogP contribution in [0, 0.1) is 13.8 Å². The van der Waals surface area contributed by atoms with Crippen molar-refractivity contribution in [1.29, 1.82) is 0 Å². The molecule has 0 aliphatic carbocycles. The summed E-state index contributed by atoms with van der Waals surface area (Å²) in [6.07, 6.45) is 1.83. The van der Waals surface area contributed by atoms with Crippen molar-refractivity contribution >= 4 is 32.9 Å². The normalized spacial score (nSPS) is 11.4. The minimum absolute atomic E-state index is 0.783. The van der Waals surface area contributed by atoms with E-state index in [2.05, 4.69) is 52.1 Å². The molecule has 136 valence electrons. The van der Waals surface area contributed by atoms with E-state index >= 15 is 0 Å². The lowest BCUT2D eigenvalue weighted by atomic mass is 10.2. The second-order valence-electron chi connectivity index (χ2n) is 6.19. The summed E-state index contributed by atoms with van der Waals surface area (Å²) < 4.78 is 8.83. The molecule has 0 aliphatic heterocycles. The van der Waals surface area contributed by atoms with E-state index in [1.54, 1.807) is 18.4 Å². The largest absolute Gasteiger partial charge is 0.495 e. The minimum Gasteiger partial charge on any atom is -0.495 e. The topological polar surface area (TPSA) is 51.4 Å². The van der Waals surface area contributed by atoms with Crippen molar-refractivity contribution in [2.75, 3.05) is 12.5 Å². The van der Waals surface area contributed by atoms with Gasteiger partial charge in [0, 0.05) is 17.0 Å². The van der Waals surface area contributed by atoms with Crippen LogP contribution >= 0.6 is 11.3 Å². The second kappa shape index (κ2) is 7.25. The Hall–Kier alpha value is -3.12. The molecule has 0 atom stereocenters. The summed E-state index contributed by atoms with van der Waals surface area (Å²) >= 11 is 1.59. The van der Waals surface area contributed by atoms with E-state index in [1.165, 1.54) is 0 Å². The molecule has 4 aromatic rings. The number of thiazole rings is 1. The molecule has 6 heteroatoms. The summed E-state index contributed by atoms with van der Waals surface area (Å²) in [5.74, 6) is 0.843. The lowest BCUT2D eigenvalue weighted by Gasteiger charge is -2.13. The Bertz CT molecular complexity index is 1090. The average Bonchev–Trinajstić information content (AvgIpc) is 3.22. The molecule has 0 bridgehead atoms. The number of nitrogens with zero attached hydrogens (tertiary/aromatic N) is 3. The fourth-order valence-electron chi connectivity index (χ4n) is 3.18. The molecule has 0 saturated heterocycles. The fourth-order valence-corrected chi connectivity index (χ4v) is 4.00. The second-order valence-corrected chi connectivity index (χ2v) is 7.22. The number of anilines is 1. The third-order valence-corrected chi connectivity index (χ3v) is 5.40. The van der Waals surface area contributed by atoms with Crippen molar-refractivity contribution in [3.8, 4) is 11.4 Å². The van der Waals surface area contributed by atoms with Gasteiger partial charge in [0.1, 0.15) is 5.75 Å². The summed E-state index contributed by atoms with van der Waals surface area (Å²) in [5, 5.41) is 5.17. The first-order valence-electron chi connectivity index (χ1n) is 8.64. The molecule has 0 radical (unpaired) electrons. The maximum Gasteiger partial charge on any atom is 0.204 e. The lowest BCUT2D eigenvalue weighted by molar-refractivity contribution is 0.412. The number of hydrazone groups is 1. The van der Waals surface area contributed by atoms with Gasteiger partial charge in [-0.2, -0.15) is 5.10 Å². The summed E-state index contributed by atoms with van der Waals surface area (Å²) in [4.78, 5) is 4.53. The molecule has 4 rings (SSSR count). The quantitative estimate of drug-likeness (QED) is 0.387. The van der Waals surface area contributed by atoms with Gasteiger partial charge in [0.15, 0.2) is 0 Å². The smallest absolute Gasteiger partial charge is 0.204 e. The molecule has 0 unspecified atom stereocenters. The van der Waals surface area contributed by atoms with Crippen LogP contribution in [-0.4, -0.2) is 22.9 Å². The Morgan fingerprint density at radius 3 is 2.70 bits per heavy atom. The number of aromatic nitrogens is 2. The molecule has 0 amide bonds. The summed E-state index contributed by atoms with van der Waals surface area (Å²) in [6.45, 7) is 4.16. The van der Waals surface area contributed by atoms with Crippen molar-refractivity contribution in [2.24, 2.45) is 5.10 Å².